The van der Waals surface area contributed by atoms with Crippen LogP contribution in [0.3, 0.4) is 0 Å². The van der Waals surface area contributed by atoms with Gasteiger partial charge < -0.3 is 10.2 Å². The van der Waals surface area contributed by atoms with Crippen LogP contribution in [0.1, 0.15) is 30.4 Å². The fourth-order valence-electron chi connectivity index (χ4n) is 1.53. The Kier molecular flexibility index (Phi) is 4.31. The first-order chi connectivity index (χ1) is 7.19. The molecule has 0 amide bonds. The molecule has 1 aromatic carbocycles. The largest absolute Gasteiger partial charge is 0.481 e. The SMILES string of the molecule is CCCc1ccc(C(CO)C(=O)O)cc1. The lowest BCUT2D eigenvalue weighted by atomic mass is 9.98. The Morgan fingerprint density at radius 2 is 1.93 bits per heavy atom. The fourth-order valence-corrected chi connectivity index (χ4v) is 1.53. The first-order valence-electron chi connectivity index (χ1n) is 5.11. The zero-order valence-corrected chi connectivity index (χ0v) is 8.81. The minimum absolute atomic E-state index is 0.359. The standard InChI is InChI=1S/C12H16O3/c1-2-3-9-4-6-10(7-5-9)11(8-13)12(14)15/h4-7,11,13H,2-3,8H2,1H3,(H,14,15). The number of carboxylic acids is 1. The lowest BCUT2D eigenvalue weighted by Crippen LogP contribution is -2.15. The van der Waals surface area contributed by atoms with Gasteiger partial charge in [0.15, 0.2) is 0 Å². The molecule has 0 saturated heterocycles. The van der Waals surface area contributed by atoms with Crippen LogP contribution in [0.25, 0.3) is 0 Å². The van der Waals surface area contributed by atoms with Crippen LogP contribution < -0.4 is 0 Å². The molecular formula is C12H16O3. The zero-order chi connectivity index (χ0) is 11.3. The molecule has 0 aromatic heterocycles. The Bertz CT molecular complexity index is 316. The summed E-state index contributed by atoms with van der Waals surface area (Å²) < 4.78 is 0. The monoisotopic (exact) mass is 208 g/mol. The number of aryl methyl sites for hydroxylation is 1. The lowest BCUT2D eigenvalue weighted by molar-refractivity contribution is -0.139. The molecule has 0 saturated carbocycles. The van der Waals surface area contributed by atoms with Crippen molar-refractivity contribution >= 4 is 5.97 Å². The Morgan fingerprint density at radius 1 is 1.33 bits per heavy atom. The molecule has 0 radical (unpaired) electrons. The quantitative estimate of drug-likeness (QED) is 0.775. The van der Waals surface area contributed by atoms with E-state index in [1.165, 1.54) is 5.56 Å². The summed E-state index contributed by atoms with van der Waals surface area (Å²) in [6.07, 6.45) is 2.07. The number of aliphatic carboxylic acids is 1. The van der Waals surface area contributed by atoms with Gasteiger partial charge in [0.25, 0.3) is 0 Å². The first kappa shape index (κ1) is 11.7. The molecule has 0 fully saturated rings. The number of hydrogen-bond donors (Lipinski definition) is 2. The molecule has 0 heterocycles. The second-order valence-electron chi connectivity index (χ2n) is 3.56. The summed E-state index contributed by atoms with van der Waals surface area (Å²) in [5.41, 5.74) is 1.85. The van der Waals surface area contributed by atoms with Crippen molar-refractivity contribution in [3.05, 3.63) is 35.4 Å². The summed E-state index contributed by atoms with van der Waals surface area (Å²) >= 11 is 0. The number of benzene rings is 1. The van der Waals surface area contributed by atoms with Gasteiger partial charge in [-0.05, 0) is 17.5 Å². The summed E-state index contributed by atoms with van der Waals surface area (Å²) in [7, 11) is 0. The third-order valence-corrected chi connectivity index (χ3v) is 2.40. The Morgan fingerprint density at radius 3 is 2.33 bits per heavy atom. The molecular weight excluding hydrogens is 192 g/mol. The summed E-state index contributed by atoms with van der Waals surface area (Å²) in [5, 5.41) is 17.8. The summed E-state index contributed by atoms with van der Waals surface area (Å²) in [6, 6.07) is 7.40. The normalized spacial score (nSPS) is 12.4. The smallest absolute Gasteiger partial charge is 0.313 e. The molecule has 1 aromatic rings. The molecule has 0 aliphatic carbocycles. The van der Waals surface area contributed by atoms with Crippen LogP contribution in [-0.4, -0.2) is 22.8 Å². The van der Waals surface area contributed by atoms with Crippen LogP contribution in [0, 0.1) is 0 Å². The van der Waals surface area contributed by atoms with Gasteiger partial charge >= 0.3 is 5.97 Å². The Hall–Kier alpha value is -1.35. The second kappa shape index (κ2) is 5.51. The van der Waals surface area contributed by atoms with E-state index in [1.807, 2.05) is 12.1 Å². The van der Waals surface area contributed by atoms with E-state index in [1.54, 1.807) is 12.1 Å². The van der Waals surface area contributed by atoms with Gasteiger partial charge in [-0.1, -0.05) is 37.6 Å². The van der Waals surface area contributed by atoms with Gasteiger partial charge in [-0.2, -0.15) is 0 Å². The van der Waals surface area contributed by atoms with Crippen LogP contribution >= 0.6 is 0 Å². The average molecular weight is 208 g/mol. The molecule has 3 nitrogen and oxygen atoms in total. The highest BCUT2D eigenvalue weighted by atomic mass is 16.4. The van der Waals surface area contributed by atoms with Gasteiger partial charge in [0.05, 0.1) is 6.61 Å². The van der Waals surface area contributed by atoms with Gasteiger partial charge in [0.2, 0.25) is 0 Å². The van der Waals surface area contributed by atoms with Gasteiger partial charge in [0.1, 0.15) is 5.92 Å². The number of hydrogen-bond acceptors (Lipinski definition) is 2. The van der Waals surface area contributed by atoms with Crippen LogP contribution in [0.5, 0.6) is 0 Å². The van der Waals surface area contributed by atoms with Crippen molar-refractivity contribution in [3.63, 3.8) is 0 Å². The maximum Gasteiger partial charge on any atom is 0.313 e. The number of rotatable bonds is 5. The first-order valence-corrected chi connectivity index (χ1v) is 5.11. The molecule has 3 heteroatoms. The molecule has 15 heavy (non-hydrogen) atoms. The molecule has 1 unspecified atom stereocenters. The topological polar surface area (TPSA) is 57.5 Å². The van der Waals surface area contributed by atoms with Crippen molar-refractivity contribution in [1.82, 2.24) is 0 Å². The maximum absolute atomic E-state index is 10.8. The molecule has 1 atom stereocenters. The molecule has 0 bridgehead atoms. The number of carboxylic acid groups (broad SMARTS) is 1. The summed E-state index contributed by atoms with van der Waals surface area (Å²) in [4.78, 5) is 10.8. The van der Waals surface area contributed by atoms with Gasteiger partial charge in [-0.15, -0.1) is 0 Å². The highest BCUT2D eigenvalue weighted by molar-refractivity contribution is 5.76. The van der Waals surface area contributed by atoms with Crippen LogP contribution in [0.4, 0.5) is 0 Å². The van der Waals surface area contributed by atoms with Crippen molar-refractivity contribution in [3.8, 4) is 0 Å². The number of aliphatic hydroxyl groups excluding tert-OH is 1. The summed E-state index contributed by atoms with van der Waals surface area (Å²) in [5.74, 6) is -1.79. The minimum atomic E-state index is -0.985. The van der Waals surface area contributed by atoms with E-state index >= 15 is 0 Å². The van der Waals surface area contributed by atoms with E-state index < -0.39 is 11.9 Å². The molecule has 0 aliphatic rings. The number of carbonyl (C=O) groups is 1. The second-order valence-corrected chi connectivity index (χ2v) is 3.56. The predicted octanol–water partition coefficient (Wildman–Crippen LogP) is 1.80. The van der Waals surface area contributed by atoms with Crippen molar-refractivity contribution in [2.45, 2.75) is 25.7 Å². The van der Waals surface area contributed by atoms with Crippen molar-refractivity contribution in [2.24, 2.45) is 0 Å². The molecule has 1 rings (SSSR count). The van der Waals surface area contributed by atoms with E-state index in [9.17, 15) is 4.79 Å². The van der Waals surface area contributed by atoms with E-state index in [-0.39, 0.29) is 6.61 Å². The molecule has 82 valence electrons. The molecule has 0 aliphatic heterocycles. The fraction of sp³-hybridized carbons (Fsp3) is 0.417. The van der Waals surface area contributed by atoms with E-state index in [0.29, 0.717) is 5.56 Å². The van der Waals surface area contributed by atoms with Crippen molar-refractivity contribution in [2.75, 3.05) is 6.61 Å². The summed E-state index contributed by atoms with van der Waals surface area (Å²) in [6.45, 7) is 1.74. The van der Waals surface area contributed by atoms with Crippen LogP contribution in [0.15, 0.2) is 24.3 Å². The number of aliphatic hydroxyl groups is 1. The molecule has 2 N–H and O–H groups in total. The Labute approximate surface area is 89.4 Å². The predicted molar refractivity (Wildman–Crippen MR) is 57.9 cm³/mol. The third-order valence-electron chi connectivity index (χ3n) is 2.40. The lowest BCUT2D eigenvalue weighted by Gasteiger charge is -2.09. The third kappa shape index (κ3) is 3.06. The highest BCUT2D eigenvalue weighted by Crippen LogP contribution is 2.16. The van der Waals surface area contributed by atoms with Crippen LogP contribution in [-0.2, 0) is 11.2 Å². The van der Waals surface area contributed by atoms with E-state index in [0.717, 1.165) is 12.8 Å². The van der Waals surface area contributed by atoms with Crippen molar-refractivity contribution < 1.29 is 15.0 Å². The van der Waals surface area contributed by atoms with Gasteiger partial charge in [-0.3, -0.25) is 4.79 Å². The maximum atomic E-state index is 10.8. The van der Waals surface area contributed by atoms with Gasteiger partial charge in [-0.25, -0.2) is 0 Å². The molecule has 0 spiro atoms. The van der Waals surface area contributed by atoms with E-state index in [4.69, 9.17) is 10.2 Å². The Balaban J connectivity index is 2.82. The van der Waals surface area contributed by atoms with Crippen LogP contribution in [0.2, 0.25) is 0 Å². The highest BCUT2D eigenvalue weighted by Gasteiger charge is 2.17. The van der Waals surface area contributed by atoms with E-state index in [2.05, 4.69) is 6.92 Å². The van der Waals surface area contributed by atoms with Crippen molar-refractivity contribution in [1.29, 1.82) is 0 Å². The van der Waals surface area contributed by atoms with Gasteiger partial charge in [0, 0.05) is 0 Å². The zero-order valence-electron chi connectivity index (χ0n) is 8.81. The average Bonchev–Trinajstić information content (AvgIpc) is 2.21. The minimum Gasteiger partial charge on any atom is -0.481 e.